The van der Waals surface area contributed by atoms with Crippen LogP contribution in [0.3, 0.4) is 0 Å². The highest BCUT2D eigenvalue weighted by Crippen LogP contribution is 2.26. The SMILES string of the molecule is Cc1ccnc2c1nc(N)n2C(C)CC(C)C. The Kier molecular flexibility index (Phi) is 3.05. The number of imidazole rings is 1. The maximum absolute atomic E-state index is 6.01. The Morgan fingerprint density at radius 1 is 1.35 bits per heavy atom. The first-order chi connectivity index (χ1) is 8.00. The van der Waals surface area contributed by atoms with E-state index in [2.05, 4.69) is 30.7 Å². The lowest BCUT2D eigenvalue weighted by atomic mass is 10.1. The van der Waals surface area contributed by atoms with Crippen LogP contribution in [-0.4, -0.2) is 14.5 Å². The van der Waals surface area contributed by atoms with Crippen LogP contribution in [-0.2, 0) is 0 Å². The number of pyridine rings is 1. The molecule has 4 nitrogen and oxygen atoms in total. The van der Waals surface area contributed by atoms with Crippen molar-refractivity contribution in [1.29, 1.82) is 0 Å². The summed E-state index contributed by atoms with van der Waals surface area (Å²) in [4.78, 5) is 8.83. The van der Waals surface area contributed by atoms with Crippen molar-refractivity contribution in [3.05, 3.63) is 17.8 Å². The highest BCUT2D eigenvalue weighted by atomic mass is 15.2. The third kappa shape index (κ3) is 2.12. The normalized spacial score (nSPS) is 13.5. The highest BCUT2D eigenvalue weighted by Gasteiger charge is 2.16. The summed E-state index contributed by atoms with van der Waals surface area (Å²) in [6, 6.07) is 2.29. The zero-order valence-electron chi connectivity index (χ0n) is 10.9. The number of aromatic nitrogens is 3. The average Bonchev–Trinajstić information content (AvgIpc) is 2.55. The molecule has 1 unspecified atom stereocenters. The molecule has 0 aliphatic carbocycles. The van der Waals surface area contributed by atoms with Gasteiger partial charge in [-0.25, -0.2) is 9.97 Å². The van der Waals surface area contributed by atoms with Gasteiger partial charge in [0, 0.05) is 12.2 Å². The molecule has 17 heavy (non-hydrogen) atoms. The molecule has 0 saturated carbocycles. The van der Waals surface area contributed by atoms with E-state index in [-0.39, 0.29) is 0 Å². The Balaban J connectivity index is 2.53. The van der Waals surface area contributed by atoms with E-state index < -0.39 is 0 Å². The topological polar surface area (TPSA) is 56.7 Å². The summed E-state index contributed by atoms with van der Waals surface area (Å²) in [6.07, 6.45) is 2.89. The minimum Gasteiger partial charge on any atom is -0.369 e. The van der Waals surface area contributed by atoms with Crippen LogP contribution in [0, 0.1) is 12.8 Å². The number of fused-ring (bicyclic) bond motifs is 1. The summed E-state index contributed by atoms with van der Waals surface area (Å²) < 4.78 is 2.04. The van der Waals surface area contributed by atoms with Crippen LogP contribution < -0.4 is 5.73 Å². The molecule has 0 radical (unpaired) electrons. The molecule has 0 spiro atoms. The molecule has 2 heterocycles. The molecular weight excluding hydrogens is 212 g/mol. The van der Waals surface area contributed by atoms with E-state index in [0.717, 1.165) is 23.1 Å². The third-order valence-corrected chi connectivity index (χ3v) is 3.06. The molecule has 4 heteroatoms. The zero-order chi connectivity index (χ0) is 12.6. The predicted octanol–water partition coefficient (Wildman–Crippen LogP) is 2.93. The molecule has 0 aromatic carbocycles. The van der Waals surface area contributed by atoms with Gasteiger partial charge in [-0.05, 0) is 37.8 Å². The van der Waals surface area contributed by atoms with Crippen molar-refractivity contribution < 1.29 is 0 Å². The van der Waals surface area contributed by atoms with Gasteiger partial charge in [-0.3, -0.25) is 4.57 Å². The molecule has 2 aromatic rings. The van der Waals surface area contributed by atoms with Gasteiger partial charge in [0.1, 0.15) is 5.52 Å². The van der Waals surface area contributed by atoms with Crippen molar-refractivity contribution in [2.45, 2.75) is 40.2 Å². The summed E-state index contributed by atoms with van der Waals surface area (Å²) in [5.74, 6) is 1.20. The van der Waals surface area contributed by atoms with Crippen molar-refractivity contribution in [1.82, 2.24) is 14.5 Å². The number of hydrogen-bond donors (Lipinski definition) is 1. The van der Waals surface area contributed by atoms with Gasteiger partial charge >= 0.3 is 0 Å². The molecule has 0 aliphatic heterocycles. The quantitative estimate of drug-likeness (QED) is 0.885. The second-order valence-corrected chi connectivity index (χ2v) is 5.12. The van der Waals surface area contributed by atoms with Crippen LogP contribution in [0.2, 0.25) is 0 Å². The maximum Gasteiger partial charge on any atom is 0.202 e. The average molecular weight is 232 g/mol. The Morgan fingerprint density at radius 2 is 2.06 bits per heavy atom. The lowest BCUT2D eigenvalue weighted by Gasteiger charge is -2.17. The first kappa shape index (κ1) is 11.9. The van der Waals surface area contributed by atoms with E-state index in [4.69, 9.17) is 5.73 Å². The Hall–Kier alpha value is -1.58. The van der Waals surface area contributed by atoms with Gasteiger partial charge in [0.2, 0.25) is 5.95 Å². The van der Waals surface area contributed by atoms with E-state index in [1.165, 1.54) is 0 Å². The number of aryl methyl sites for hydroxylation is 1. The minimum absolute atomic E-state index is 0.328. The molecule has 0 saturated heterocycles. The van der Waals surface area contributed by atoms with Crippen LogP contribution >= 0.6 is 0 Å². The van der Waals surface area contributed by atoms with Crippen molar-refractivity contribution in [3.8, 4) is 0 Å². The first-order valence-corrected chi connectivity index (χ1v) is 6.09. The third-order valence-electron chi connectivity index (χ3n) is 3.06. The van der Waals surface area contributed by atoms with Gasteiger partial charge in [-0.15, -0.1) is 0 Å². The molecule has 1 atom stereocenters. The fraction of sp³-hybridized carbons (Fsp3) is 0.538. The van der Waals surface area contributed by atoms with E-state index >= 15 is 0 Å². The minimum atomic E-state index is 0.328. The van der Waals surface area contributed by atoms with Gasteiger partial charge in [0.05, 0.1) is 0 Å². The molecule has 2 aromatic heterocycles. The number of rotatable bonds is 3. The maximum atomic E-state index is 6.01. The number of nitrogen functional groups attached to an aromatic ring is 1. The number of nitrogens with two attached hydrogens (primary N) is 1. The predicted molar refractivity (Wildman–Crippen MR) is 70.8 cm³/mol. The van der Waals surface area contributed by atoms with Gasteiger partial charge in [-0.1, -0.05) is 13.8 Å². The largest absolute Gasteiger partial charge is 0.369 e. The molecule has 2 N–H and O–H groups in total. The Labute approximate surface area is 102 Å². The van der Waals surface area contributed by atoms with E-state index in [9.17, 15) is 0 Å². The van der Waals surface area contributed by atoms with Crippen LogP contribution in [0.1, 0.15) is 38.8 Å². The number of nitrogens with zero attached hydrogens (tertiary/aromatic N) is 3. The van der Waals surface area contributed by atoms with Gasteiger partial charge in [-0.2, -0.15) is 0 Å². The van der Waals surface area contributed by atoms with Gasteiger partial charge in [0.25, 0.3) is 0 Å². The number of hydrogen-bond acceptors (Lipinski definition) is 3. The lowest BCUT2D eigenvalue weighted by Crippen LogP contribution is -2.11. The molecule has 0 aliphatic rings. The van der Waals surface area contributed by atoms with E-state index in [1.54, 1.807) is 0 Å². The fourth-order valence-corrected chi connectivity index (χ4v) is 2.35. The summed E-state index contributed by atoms with van der Waals surface area (Å²) >= 11 is 0. The number of anilines is 1. The zero-order valence-corrected chi connectivity index (χ0v) is 10.9. The van der Waals surface area contributed by atoms with E-state index in [0.29, 0.717) is 17.9 Å². The molecule has 2 rings (SSSR count). The second-order valence-electron chi connectivity index (χ2n) is 5.12. The van der Waals surface area contributed by atoms with Gasteiger partial charge in [0.15, 0.2) is 5.65 Å². The van der Waals surface area contributed by atoms with Crippen LogP contribution in [0.5, 0.6) is 0 Å². The van der Waals surface area contributed by atoms with Crippen LogP contribution in [0.4, 0.5) is 5.95 Å². The summed E-state index contributed by atoms with van der Waals surface area (Å²) in [7, 11) is 0. The molecule has 0 amide bonds. The molecule has 0 bridgehead atoms. The Bertz CT molecular complexity index is 527. The standard InChI is InChI=1S/C13H20N4/c1-8(2)7-10(4)17-12-11(16-13(17)14)9(3)5-6-15-12/h5-6,8,10H,7H2,1-4H3,(H2,14,16). The first-order valence-electron chi connectivity index (χ1n) is 6.09. The van der Waals surface area contributed by atoms with Gasteiger partial charge < -0.3 is 5.73 Å². The summed E-state index contributed by atoms with van der Waals surface area (Å²) in [5.41, 5.74) is 8.95. The monoisotopic (exact) mass is 232 g/mol. The van der Waals surface area contributed by atoms with Crippen molar-refractivity contribution >= 4 is 17.1 Å². The van der Waals surface area contributed by atoms with E-state index in [1.807, 2.05) is 23.8 Å². The van der Waals surface area contributed by atoms with Crippen LogP contribution in [0.15, 0.2) is 12.3 Å². The van der Waals surface area contributed by atoms with Crippen LogP contribution in [0.25, 0.3) is 11.2 Å². The van der Waals surface area contributed by atoms with Crippen molar-refractivity contribution in [2.24, 2.45) is 5.92 Å². The molecule has 92 valence electrons. The molecule has 0 fully saturated rings. The summed E-state index contributed by atoms with van der Waals surface area (Å²) in [5, 5.41) is 0. The fourth-order valence-electron chi connectivity index (χ4n) is 2.35. The molecular formula is C13H20N4. The Morgan fingerprint density at radius 3 is 2.71 bits per heavy atom. The van der Waals surface area contributed by atoms with Crippen molar-refractivity contribution in [2.75, 3.05) is 5.73 Å². The highest BCUT2D eigenvalue weighted by molar-refractivity contribution is 5.77. The lowest BCUT2D eigenvalue weighted by molar-refractivity contribution is 0.438. The van der Waals surface area contributed by atoms with Crippen molar-refractivity contribution in [3.63, 3.8) is 0 Å². The second kappa shape index (κ2) is 4.35. The smallest absolute Gasteiger partial charge is 0.202 e. The summed E-state index contributed by atoms with van der Waals surface area (Å²) in [6.45, 7) is 8.63.